The van der Waals surface area contributed by atoms with Crippen LogP contribution in [0.2, 0.25) is 0 Å². The van der Waals surface area contributed by atoms with Crippen molar-refractivity contribution >= 4 is 0 Å². The van der Waals surface area contributed by atoms with Gasteiger partial charge in [0.1, 0.15) is 0 Å². The topological polar surface area (TPSA) is 0 Å². The van der Waals surface area contributed by atoms with Crippen LogP contribution < -0.4 is 0 Å². The second kappa shape index (κ2) is 6.51. The minimum absolute atomic E-state index is 1.14. The van der Waals surface area contributed by atoms with Crippen LogP contribution in [0.1, 0.15) is 71.1 Å². The first kappa shape index (κ1) is 10.1. The van der Waals surface area contributed by atoms with Gasteiger partial charge < -0.3 is 0 Å². The van der Waals surface area contributed by atoms with E-state index in [1.54, 1.807) is 0 Å². The van der Waals surface area contributed by atoms with Gasteiger partial charge in [-0.25, -0.2) is 0 Å². The minimum atomic E-state index is 1.14. The molecule has 0 radical (unpaired) electrons. The number of unbranched alkanes of at least 4 members (excludes halogenated alkanes) is 5. The Labute approximate surface area is 77.7 Å². The monoisotopic (exact) mass is 168 g/mol. The van der Waals surface area contributed by atoms with E-state index >= 15 is 0 Å². The Balaban J connectivity index is 1.70. The van der Waals surface area contributed by atoms with Crippen LogP contribution in [0.5, 0.6) is 0 Å². The van der Waals surface area contributed by atoms with Gasteiger partial charge in [0.2, 0.25) is 0 Å². The van der Waals surface area contributed by atoms with E-state index in [1.165, 1.54) is 64.2 Å². The largest absolute Gasteiger partial charge is 0.0654 e. The van der Waals surface area contributed by atoms with Crippen molar-refractivity contribution < 1.29 is 0 Å². The average Bonchev–Trinajstić information content (AvgIpc) is 2.00. The zero-order valence-electron chi connectivity index (χ0n) is 8.65. The fraction of sp³-hybridized carbons (Fsp3) is 1.00. The molecule has 1 saturated carbocycles. The molecule has 12 heavy (non-hydrogen) atoms. The van der Waals surface area contributed by atoms with E-state index < -0.39 is 0 Å². The van der Waals surface area contributed by atoms with Crippen LogP contribution in [-0.4, -0.2) is 0 Å². The lowest BCUT2D eigenvalue weighted by Gasteiger charge is -2.24. The number of hydrogen-bond acceptors (Lipinski definition) is 0. The summed E-state index contributed by atoms with van der Waals surface area (Å²) in [6.07, 6.45) is 14.9. The molecule has 0 bridgehead atoms. The van der Waals surface area contributed by atoms with Crippen LogP contribution in [0.25, 0.3) is 0 Å². The molecule has 0 unspecified atom stereocenters. The second-order valence-electron chi connectivity index (χ2n) is 4.35. The van der Waals surface area contributed by atoms with Crippen LogP contribution in [0, 0.1) is 5.92 Å². The molecule has 0 atom stereocenters. The average molecular weight is 168 g/mol. The molecule has 0 heteroatoms. The SMILES string of the molecule is CCCCCCCCC1CCC1. The molecular formula is C12H24. The standard InChI is InChI=1S/C12H24/c1-2-3-4-5-6-7-9-12-10-8-11-12/h12H,2-11H2,1H3. The van der Waals surface area contributed by atoms with Crippen LogP contribution in [0.15, 0.2) is 0 Å². The zero-order valence-corrected chi connectivity index (χ0v) is 8.65. The maximum absolute atomic E-state index is 2.29. The molecular weight excluding hydrogens is 144 g/mol. The highest BCUT2D eigenvalue weighted by atomic mass is 14.2. The van der Waals surface area contributed by atoms with E-state index in [2.05, 4.69) is 6.92 Å². The Morgan fingerprint density at radius 2 is 1.58 bits per heavy atom. The van der Waals surface area contributed by atoms with Crippen LogP contribution in [0.3, 0.4) is 0 Å². The van der Waals surface area contributed by atoms with Gasteiger partial charge in [-0.15, -0.1) is 0 Å². The van der Waals surface area contributed by atoms with Crippen molar-refractivity contribution in [3.8, 4) is 0 Å². The van der Waals surface area contributed by atoms with Crippen LogP contribution in [-0.2, 0) is 0 Å². The summed E-state index contributed by atoms with van der Waals surface area (Å²) in [5, 5.41) is 0. The van der Waals surface area contributed by atoms with E-state index in [9.17, 15) is 0 Å². The fourth-order valence-corrected chi connectivity index (χ4v) is 1.99. The third-order valence-electron chi connectivity index (χ3n) is 3.19. The summed E-state index contributed by atoms with van der Waals surface area (Å²) >= 11 is 0. The summed E-state index contributed by atoms with van der Waals surface area (Å²) in [7, 11) is 0. The maximum atomic E-state index is 2.29. The lowest BCUT2D eigenvalue weighted by molar-refractivity contribution is 0.286. The highest BCUT2D eigenvalue weighted by Crippen LogP contribution is 2.31. The van der Waals surface area contributed by atoms with E-state index in [-0.39, 0.29) is 0 Å². The molecule has 0 aromatic carbocycles. The van der Waals surface area contributed by atoms with E-state index in [4.69, 9.17) is 0 Å². The van der Waals surface area contributed by atoms with Gasteiger partial charge in [0.05, 0.1) is 0 Å². The van der Waals surface area contributed by atoms with Gasteiger partial charge in [0, 0.05) is 0 Å². The maximum Gasteiger partial charge on any atom is -0.0414 e. The summed E-state index contributed by atoms with van der Waals surface area (Å²) in [6.45, 7) is 2.29. The molecule has 0 nitrogen and oxygen atoms in total. The van der Waals surface area contributed by atoms with Gasteiger partial charge in [-0.2, -0.15) is 0 Å². The summed E-state index contributed by atoms with van der Waals surface area (Å²) < 4.78 is 0. The number of rotatable bonds is 7. The molecule has 1 fully saturated rings. The Morgan fingerprint density at radius 3 is 2.17 bits per heavy atom. The first-order chi connectivity index (χ1) is 5.93. The predicted molar refractivity (Wildman–Crippen MR) is 55.3 cm³/mol. The molecule has 0 aliphatic heterocycles. The second-order valence-corrected chi connectivity index (χ2v) is 4.35. The molecule has 0 saturated heterocycles. The van der Waals surface area contributed by atoms with E-state index in [0.717, 1.165) is 5.92 Å². The Kier molecular flexibility index (Phi) is 5.47. The highest BCUT2D eigenvalue weighted by Gasteiger charge is 2.15. The molecule has 1 aliphatic rings. The van der Waals surface area contributed by atoms with Crippen molar-refractivity contribution in [3.63, 3.8) is 0 Å². The normalized spacial score (nSPS) is 17.8. The Bertz CT molecular complexity index is 92.2. The quantitative estimate of drug-likeness (QED) is 0.490. The Morgan fingerprint density at radius 1 is 0.917 bits per heavy atom. The summed E-state index contributed by atoms with van der Waals surface area (Å²) in [4.78, 5) is 0. The molecule has 72 valence electrons. The first-order valence-electron chi connectivity index (χ1n) is 5.93. The minimum Gasteiger partial charge on any atom is -0.0654 e. The molecule has 0 amide bonds. The molecule has 0 heterocycles. The fourth-order valence-electron chi connectivity index (χ4n) is 1.99. The van der Waals surface area contributed by atoms with E-state index in [0.29, 0.717) is 0 Å². The number of hydrogen-bond donors (Lipinski definition) is 0. The first-order valence-corrected chi connectivity index (χ1v) is 5.93. The van der Waals surface area contributed by atoms with Crippen molar-refractivity contribution in [3.05, 3.63) is 0 Å². The predicted octanol–water partition coefficient (Wildman–Crippen LogP) is 4.54. The van der Waals surface area contributed by atoms with Crippen molar-refractivity contribution in [2.24, 2.45) is 5.92 Å². The van der Waals surface area contributed by atoms with Crippen LogP contribution in [0.4, 0.5) is 0 Å². The van der Waals surface area contributed by atoms with Gasteiger partial charge in [-0.05, 0) is 5.92 Å². The van der Waals surface area contributed by atoms with Crippen LogP contribution >= 0.6 is 0 Å². The summed E-state index contributed by atoms with van der Waals surface area (Å²) in [5.74, 6) is 1.14. The molecule has 1 aliphatic carbocycles. The molecule has 0 N–H and O–H groups in total. The smallest absolute Gasteiger partial charge is 0.0414 e. The van der Waals surface area contributed by atoms with Gasteiger partial charge >= 0.3 is 0 Å². The molecule has 1 rings (SSSR count). The molecule has 0 spiro atoms. The van der Waals surface area contributed by atoms with Crippen molar-refractivity contribution in [2.45, 2.75) is 71.1 Å². The molecule has 0 aromatic heterocycles. The zero-order chi connectivity index (χ0) is 8.65. The lowest BCUT2D eigenvalue weighted by atomic mass is 9.81. The van der Waals surface area contributed by atoms with Gasteiger partial charge in [0.25, 0.3) is 0 Å². The van der Waals surface area contributed by atoms with Gasteiger partial charge in [-0.1, -0.05) is 71.1 Å². The summed E-state index contributed by atoms with van der Waals surface area (Å²) in [6, 6.07) is 0. The summed E-state index contributed by atoms with van der Waals surface area (Å²) in [5.41, 5.74) is 0. The lowest BCUT2D eigenvalue weighted by Crippen LogP contribution is -2.10. The van der Waals surface area contributed by atoms with Gasteiger partial charge in [-0.3, -0.25) is 0 Å². The van der Waals surface area contributed by atoms with Crippen molar-refractivity contribution in [1.29, 1.82) is 0 Å². The van der Waals surface area contributed by atoms with E-state index in [1.807, 2.05) is 0 Å². The molecule has 0 aromatic rings. The van der Waals surface area contributed by atoms with Gasteiger partial charge in [0.15, 0.2) is 0 Å². The Hall–Kier alpha value is 0. The van der Waals surface area contributed by atoms with Crippen molar-refractivity contribution in [1.82, 2.24) is 0 Å². The highest BCUT2D eigenvalue weighted by molar-refractivity contribution is 4.68. The third kappa shape index (κ3) is 4.13. The third-order valence-corrected chi connectivity index (χ3v) is 3.19. The van der Waals surface area contributed by atoms with Crippen molar-refractivity contribution in [2.75, 3.05) is 0 Å².